The van der Waals surface area contributed by atoms with E-state index in [1.807, 2.05) is 13.0 Å². The number of hydrogen-bond donors (Lipinski definition) is 1. The zero-order valence-corrected chi connectivity index (χ0v) is 11.8. The number of carbonyl (C=O) groups excluding carboxylic acids is 1. The van der Waals surface area contributed by atoms with Gasteiger partial charge in [-0.15, -0.1) is 0 Å². The van der Waals surface area contributed by atoms with Crippen molar-refractivity contribution in [2.45, 2.75) is 27.2 Å². The summed E-state index contributed by atoms with van der Waals surface area (Å²) in [6.07, 6.45) is 2.66. The molecule has 0 aromatic heterocycles. The first-order valence-corrected chi connectivity index (χ1v) is 6.58. The molecule has 19 heavy (non-hydrogen) atoms. The number of aryl methyl sites for hydroxylation is 2. The third-order valence-corrected chi connectivity index (χ3v) is 3.50. The Labute approximate surface area is 114 Å². The van der Waals surface area contributed by atoms with Crippen LogP contribution in [0.4, 0.5) is 0 Å². The first-order chi connectivity index (χ1) is 8.97. The normalized spacial score (nSPS) is 16.1. The fourth-order valence-corrected chi connectivity index (χ4v) is 2.29. The summed E-state index contributed by atoms with van der Waals surface area (Å²) in [7, 11) is 0. The SMILES string of the molecule is C/C(=C\c1cc(C)ccc1C)C(=O)N1CCC(=N)C1. The lowest BCUT2D eigenvalue weighted by Crippen LogP contribution is -2.29. The van der Waals surface area contributed by atoms with E-state index in [0.717, 1.165) is 11.1 Å². The van der Waals surface area contributed by atoms with Gasteiger partial charge in [0.15, 0.2) is 0 Å². The van der Waals surface area contributed by atoms with Gasteiger partial charge in [-0.1, -0.05) is 23.8 Å². The molecule has 100 valence electrons. The van der Waals surface area contributed by atoms with Gasteiger partial charge in [-0.05, 0) is 38.0 Å². The number of nitrogens with zero attached hydrogens (tertiary/aromatic N) is 1. The molecule has 0 aliphatic carbocycles. The summed E-state index contributed by atoms with van der Waals surface area (Å²) in [5.74, 6) is 0.0446. The molecule has 0 unspecified atom stereocenters. The number of benzene rings is 1. The number of carbonyl (C=O) groups is 1. The highest BCUT2D eigenvalue weighted by atomic mass is 16.2. The van der Waals surface area contributed by atoms with Gasteiger partial charge in [0.2, 0.25) is 5.91 Å². The van der Waals surface area contributed by atoms with E-state index < -0.39 is 0 Å². The first-order valence-electron chi connectivity index (χ1n) is 6.58. The van der Waals surface area contributed by atoms with Crippen LogP contribution in [0.25, 0.3) is 6.08 Å². The van der Waals surface area contributed by atoms with Crippen LogP contribution in [-0.2, 0) is 4.79 Å². The molecule has 1 fully saturated rings. The lowest BCUT2D eigenvalue weighted by Gasteiger charge is -2.15. The first kappa shape index (κ1) is 13.5. The van der Waals surface area contributed by atoms with Crippen LogP contribution >= 0.6 is 0 Å². The molecule has 1 saturated heterocycles. The van der Waals surface area contributed by atoms with E-state index in [0.29, 0.717) is 25.2 Å². The predicted octanol–water partition coefficient (Wildman–Crippen LogP) is 2.96. The molecule has 0 spiro atoms. The molecule has 0 saturated carbocycles. The standard InChI is InChI=1S/C16H20N2O/c1-11-4-5-12(2)14(8-11)9-13(3)16(19)18-7-6-15(17)10-18/h4-5,8-9,17H,6-7,10H2,1-3H3/b13-9+,17-15?. The van der Waals surface area contributed by atoms with Crippen molar-refractivity contribution in [2.24, 2.45) is 0 Å². The minimum Gasteiger partial charge on any atom is -0.333 e. The number of nitrogens with one attached hydrogen (secondary N) is 1. The number of amides is 1. The highest BCUT2D eigenvalue weighted by molar-refractivity contribution is 6.01. The Morgan fingerprint density at radius 2 is 2.11 bits per heavy atom. The number of likely N-dealkylation sites (tertiary alicyclic amines) is 1. The minimum absolute atomic E-state index is 0.0446. The van der Waals surface area contributed by atoms with Crippen molar-refractivity contribution in [3.05, 3.63) is 40.5 Å². The smallest absolute Gasteiger partial charge is 0.249 e. The fourth-order valence-electron chi connectivity index (χ4n) is 2.29. The van der Waals surface area contributed by atoms with Gasteiger partial charge in [-0.25, -0.2) is 0 Å². The van der Waals surface area contributed by atoms with Crippen molar-refractivity contribution in [2.75, 3.05) is 13.1 Å². The molecule has 1 heterocycles. The lowest BCUT2D eigenvalue weighted by atomic mass is 10.0. The third kappa shape index (κ3) is 3.11. The average molecular weight is 256 g/mol. The maximum Gasteiger partial charge on any atom is 0.249 e. The fraction of sp³-hybridized carbons (Fsp3) is 0.375. The highest BCUT2D eigenvalue weighted by Gasteiger charge is 2.22. The second-order valence-corrected chi connectivity index (χ2v) is 5.27. The monoisotopic (exact) mass is 256 g/mol. The molecule has 1 aliphatic rings. The summed E-state index contributed by atoms with van der Waals surface area (Å²) in [6.45, 7) is 7.11. The van der Waals surface area contributed by atoms with Crippen LogP contribution in [0.15, 0.2) is 23.8 Å². The lowest BCUT2D eigenvalue weighted by molar-refractivity contribution is -0.125. The van der Waals surface area contributed by atoms with Crippen LogP contribution in [0.3, 0.4) is 0 Å². The summed E-state index contributed by atoms with van der Waals surface area (Å²) in [5.41, 5.74) is 4.85. The summed E-state index contributed by atoms with van der Waals surface area (Å²) >= 11 is 0. The molecule has 1 aliphatic heterocycles. The van der Waals surface area contributed by atoms with Crippen LogP contribution in [0, 0.1) is 19.3 Å². The Morgan fingerprint density at radius 1 is 1.37 bits per heavy atom. The molecular formula is C16H20N2O. The van der Waals surface area contributed by atoms with Crippen molar-refractivity contribution in [3.63, 3.8) is 0 Å². The van der Waals surface area contributed by atoms with Gasteiger partial charge < -0.3 is 10.3 Å². The second kappa shape index (κ2) is 5.39. The van der Waals surface area contributed by atoms with E-state index in [9.17, 15) is 4.79 Å². The predicted molar refractivity (Wildman–Crippen MR) is 78.5 cm³/mol. The minimum atomic E-state index is 0.0446. The van der Waals surface area contributed by atoms with Gasteiger partial charge >= 0.3 is 0 Å². The number of hydrogen-bond acceptors (Lipinski definition) is 2. The zero-order chi connectivity index (χ0) is 14.0. The van der Waals surface area contributed by atoms with Crippen LogP contribution < -0.4 is 0 Å². The third-order valence-electron chi connectivity index (χ3n) is 3.50. The van der Waals surface area contributed by atoms with Gasteiger partial charge in [-0.3, -0.25) is 4.79 Å². The molecule has 0 atom stereocenters. The molecule has 3 heteroatoms. The summed E-state index contributed by atoms with van der Waals surface area (Å²) < 4.78 is 0. The van der Waals surface area contributed by atoms with E-state index in [-0.39, 0.29) is 5.91 Å². The van der Waals surface area contributed by atoms with Gasteiger partial charge in [0.05, 0.1) is 6.54 Å². The molecule has 0 bridgehead atoms. The van der Waals surface area contributed by atoms with E-state index in [1.165, 1.54) is 11.1 Å². The quantitative estimate of drug-likeness (QED) is 0.812. The second-order valence-electron chi connectivity index (χ2n) is 5.27. The van der Waals surface area contributed by atoms with Crippen molar-refractivity contribution in [3.8, 4) is 0 Å². The maximum atomic E-state index is 12.3. The highest BCUT2D eigenvalue weighted by Crippen LogP contribution is 2.17. The Kier molecular flexibility index (Phi) is 3.84. The maximum absolute atomic E-state index is 12.3. The van der Waals surface area contributed by atoms with Gasteiger partial charge in [0.25, 0.3) is 0 Å². The molecule has 1 N–H and O–H groups in total. The molecule has 2 rings (SSSR count). The summed E-state index contributed by atoms with van der Waals surface area (Å²) in [5, 5.41) is 7.58. The topological polar surface area (TPSA) is 44.2 Å². The molecule has 1 aromatic carbocycles. The Morgan fingerprint density at radius 3 is 2.74 bits per heavy atom. The van der Waals surface area contributed by atoms with Crippen LogP contribution in [0.2, 0.25) is 0 Å². The van der Waals surface area contributed by atoms with Crippen molar-refractivity contribution in [1.82, 2.24) is 4.90 Å². The van der Waals surface area contributed by atoms with E-state index in [4.69, 9.17) is 5.41 Å². The molecule has 1 aromatic rings. The molecule has 3 nitrogen and oxygen atoms in total. The molecular weight excluding hydrogens is 236 g/mol. The average Bonchev–Trinajstić information content (AvgIpc) is 2.79. The Hall–Kier alpha value is -1.90. The Balaban J connectivity index is 2.20. The molecule has 0 radical (unpaired) electrons. The van der Waals surface area contributed by atoms with Crippen molar-refractivity contribution in [1.29, 1.82) is 5.41 Å². The van der Waals surface area contributed by atoms with Gasteiger partial charge in [0, 0.05) is 24.3 Å². The van der Waals surface area contributed by atoms with Crippen LogP contribution in [0.5, 0.6) is 0 Å². The molecule has 1 amide bonds. The van der Waals surface area contributed by atoms with Gasteiger partial charge in [0.1, 0.15) is 0 Å². The van der Waals surface area contributed by atoms with Crippen LogP contribution in [0.1, 0.15) is 30.0 Å². The number of rotatable bonds is 2. The van der Waals surface area contributed by atoms with Crippen LogP contribution in [-0.4, -0.2) is 29.6 Å². The summed E-state index contributed by atoms with van der Waals surface area (Å²) in [6, 6.07) is 6.24. The Bertz CT molecular complexity index is 558. The summed E-state index contributed by atoms with van der Waals surface area (Å²) in [4.78, 5) is 14.0. The van der Waals surface area contributed by atoms with Crippen molar-refractivity contribution < 1.29 is 4.79 Å². The van der Waals surface area contributed by atoms with E-state index in [2.05, 4.69) is 32.0 Å². The van der Waals surface area contributed by atoms with Gasteiger partial charge in [-0.2, -0.15) is 0 Å². The van der Waals surface area contributed by atoms with Crippen molar-refractivity contribution >= 4 is 17.7 Å². The largest absolute Gasteiger partial charge is 0.333 e. The van der Waals surface area contributed by atoms with E-state index >= 15 is 0 Å². The zero-order valence-electron chi connectivity index (χ0n) is 11.8. The van der Waals surface area contributed by atoms with E-state index in [1.54, 1.807) is 4.90 Å².